The first kappa shape index (κ1) is 10.4. The van der Waals surface area contributed by atoms with Crippen molar-refractivity contribution >= 4 is 17.3 Å². The third kappa shape index (κ3) is 1.35. The van der Waals surface area contributed by atoms with Crippen molar-refractivity contribution in [3.63, 3.8) is 0 Å². The molecule has 0 aromatic heterocycles. The molecule has 3 atom stereocenters. The Labute approximate surface area is 99.4 Å². The molecule has 1 fully saturated rings. The summed E-state index contributed by atoms with van der Waals surface area (Å²) in [4.78, 5) is 0. The van der Waals surface area contributed by atoms with Gasteiger partial charge in [-0.3, -0.25) is 0 Å². The molecule has 0 spiro atoms. The number of aliphatic hydroxyl groups is 1. The Kier molecular flexibility index (Phi) is 2.35. The van der Waals surface area contributed by atoms with Gasteiger partial charge in [-0.05, 0) is 12.5 Å². The van der Waals surface area contributed by atoms with Gasteiger partial charge in [0, 0.05) is 12.0 Å². The highest BCUT2D eigenvalue weighted by Crippen LogP contribution is 2.46. The van der Waals surface area contributed by atoms with Crippen molar-refractivity contribution in [3.05, 3.63) is 28.3 Å². The van der Waals surface area contributed by atoms with Crippen LogP contribution in [0.4, 0.5) is 5.69 Å². The number of nitrogens with one attached hydrogen (secondary N) is 1. The zero-order chi connectivity index (χ0) is 11.3. The molecular formula is C12H14ClNO2. The van der Waals surface area contributed by atoms with Crippen LogP contribution in [0, 0.1) is 6.92 Å². The second-order valence-electron chi connectivity index (χ2n) is 4.49. The first-order chi connectivity index (χ1) is 7.70. The van der Waals surface area contributed by atoms with E-state index in [1.165, 1.54) is 0 Å². The lowest BCUT2D eigenvalue weighted by atomic mass is 9.95. The summed E-state index contributed by atoms with van der Waals surface area (Å²) in [6.45, 7) is 2.05. The summed E-state index contributed by atoms with van der Waals surface area (Å²) >= 11 is 6.28. The first-order valence-electron chi connectivity index (χ1n) is 5.52. The Morgan fingerprint density at radius 1 is 1.56 bits per heavy atom. The molecule has 1 aromatic rings. The molecule has 1 aromatic carbocycles. The molecule has 4 heteroatoms. The number of aryl methyl sites for hydroxylation is 1. The molecule has 0 radical (unpaired) electrons. The Hall–Kier alpha value is -0.770. The maximum absolute atomic E-state index is 9.22. The molecule has 3 nitrogen and oxygen atoms in total. The smallest absolute Gasteiger partial charge is 0.102 e. The van der Waals surface area contributed by atoms with E-state index in [0.29, 0.717) is 0 Å². The first-order valence-corrected chi connectivity index (χ1v) is 5.90. The Morgan fingerprint density at radius 3 is 3.12 bits per heavy atom. The van der Waals surface area contributed by atoms with Crippen LogP contribution in [0.2, 0.25) is 5.02 Å². The molecule has 3 rings (SSSR count). The molecule has 0 saturated carbocycles. The summed E-state index contributed by atoms with van der Waals surface area (Å²) in [7, 11) is 0. The molecule has 86 valence electrons. The molecule has 2 bridgehead atoms. The number of hydrogen-bond donors (Lipinski definition) is 2. The highest BCUT2D eigenvalue weighted by Gasteiger charge is 2.41. The number of anilines is 1. The van der Waals surface area contributed by atoms with Gasteiger partial charge in [0.05, 0.1) is 29.5 Å². The molecule has 0 amide bonds. The van der Waals surface area contributed by atoms with Gasteiger partial charge in [0.15, 0.2) is 0 Å². The average Bonchev–Trinajstić information content (AvgIpc) is 2.62. The van der Waals surface area contributed by atoms with Crippen molar-refractivity contribution in [2.45, 2.75) is 31.6 Å². The van der Waals surface area contributed by atoms with E-state index >= 15 is 0 Å². The fraction of sp³-hybridized carbons (Fsp3) is 0.500. The third-order valence-electron chi connectivity index (χ3n) is 3.48. The van der Waals surface area contributed by atoms with E-state index in [4.69, 9.17) is 16.3 Å². The summed E-state index contributed by atoms with van der Waals surface area (Å²) in [6, 6.07) is 4.25. The number of fused-ring (bicyclic) bond motifs is 4. The van der Waals surface area contributed by atoms with Crippen molar-refractivity contribution in [1.82, 2.24) is 0 Å². The summed E-state index contributed by atoms with van der Waals surface area (Å²) in [5, 5.41) is 13.4. The minimum Gasteiger partial charge on any atom is -0.394 e. The molecule has 16 heavy (non-hydrogen) atoms. The predicted molar refractivity (Wildman–Crippen MR) is 62.9 cm³/mol. The van der Waals surface area contributed by atoms with Crippen LogP contribution >= 0.6 is 11.6 Å². The quantitative estimate of drug-likeness (QED) is 0.790. The van der Waals surface area contributed by atoms with Gasteiger partial charge in [0.1, 0.15) is 6.10 Å². The van der Waals surface area contributed by atoms with Crippen LogP contribution in [0.1, 0.15) is 23.7 Å². The van der Waals surface area contributed by atoms with E-state index in [2.05, 4.69) is 11.4 Å². The van der Waals surface area contributed by atoms with E-state index in [-0.39, 0.29) is 24.9 Å². The van der Waals surface area contributed by atoms with Crippen molar-refractivity contribution in [1.29, 1.82) is 0 Å². The molecule has 2 N–H and O–H groups in total. The van der Waals surface area contributed by atoms with E-state index in [1.807, 2.05) is 13.0 Å². The molecule has 0 aliphatic carbocycles. The van der Waals surface area contributed by atoms with Gasteiger partial charge < -0.3 is 15.2 Å². The minimum atomic E-state index is -0.117. The number of halogens is 1. The van der Waals surface area contributed by atoms with Crippen LogP contribution in [0.15, 0.2) is 12.1 Å². The lowest BCUT2D eigenvalue weighted by molar-refractivity contribution is 0.0113. The summed E-state index contributed by atoms with van der Waals surface area (Å²) in [5.74, 6) is 0. The lowest BCUT2D eigenvalue weighted by Gasteiger charge is -2.25. The van der Waals surface area contributed by atoms with E-state index in [0.717, 1.165) is 28.3 Å². The maximum Gasteiger partial charge on any atom is 0.102 e. The van der Waals surface area contributed by atoms with Crippen molar-refractivity contribution in [3.8, 4) is 0 Å². The fourth-order valence-electron chi connectivity index (χ4n) is 2.56. The normalized spacial score (nSPS) is 31.1. The zero-order valence-corrected chi connectivity index (χ0v) is 9.79. The monoisotopic (exact) mass is 239 g/mol. The largest absolute Gasteiger partial charge is 0.394 e. The molecular weight excluding hydrogens is 226 g/mol. The van der Waals surface area contributed by atoms with E-state index < -0.39 is 0 Å². The Morgan fingerprint density at radius 2 is 2.38 bits per heavy atom. The minimum absolute atomic E-state index is 0.0543. The van der Waals surface area contributed by atoms with Gasteiger partial charge in [-0.2, -0.15) is 0 Å². The van der Waals surface area contributed by atoms with Gasteiger partial charge >= 0.3 is 0 Å². The lowest BCUT2D eigenvalue weighted by Crippen LogP contribution is -2.32. The van der Waals surface area contributed by atoms with E-state index in [1.54, 1.807) is 0 Å². The summed E-state index contributed by atoms with van der Waals surface area (Å²) in [5.41, 5.74) is 3.16. The number of hydrogen-bond acceptors (Lipinski definition) is 3. The molecule has 2 aliphatic rings. The summed E-state index contributed by atoms with van der Waals surface area (Å²) in [6.07, 6.45) is 0.878. The topological polar surface area (TPSA) is 41.5 Å². The van der Waals surface area contributed by atoms with Crippen LogP contribution < -0.4 is 5.32 Å². The zero-order valence-electron chi connectivity index (χ0n) is 9.03. The van der Waals surface area contributed by atoms with Crippen molar-refractivity contribution in [2.75, 3.05) is 11.9 Å². The summed E-state index contributed by atoms with van der Waals surface area (Å²) < 4.78 is 5.78. The highest BCUT2D eigenvalue weighted by atomic mass is 35.5. The molecule has 0 unspecified atom stereocenters. The fourth-order valence-corrected chi connectivity index (χ4v) is 2.79. The second-order valence-corrected chi connectivity index (χ2v) is 4.87. The molecule has 2 aliphatic heterocycles. The Bertz CT molecular complexity index is 435. The van der Waals surface area contributed by atoms with Crippen LogP contribution in [0.5, 0.6) is 0 Å². The number of aliphatic hydroxyl groups excluding tert-OH is 1. The van der Waals surface area contributed by atoms with Crippen LogP contribution in [0.25, 0.3) is 0 Å². The second kappa shape index (κ2) is 3.62. The van der Waals surface area contributed by atoms with Gasteiger partial charge in [-0.1, -0.05) is 23.7 Å². The van der Waals surface area contributed by atoms with Crippen LogP contribution in [-0.4, -0.2) is 23.9 Å². The standard InChI is InChI=1S/C12H14ClNO2/c1-6-2-3-7-9-4-8(10(5-15)16-9)14-12(7)11(6)13/h2-3,8-10,14-15H,4-5H2,1H3/t8-,9-,10+/m1/s1. The maximum atomic E-state index is 9.22. The molecule has 1 saturated heterocycles. The van der Waals surface area contributed by atoms with Gasteiger partial charge in [-0.15, -0.1) is 0 Å². The average molecular weight is 240 g/mol. The van der Waals surface area contributed by atoms with E-state index in [9.17, 15) is 5.11 Å². The molecule has 2 heterocycles. The third-order valence-corrected chi connectivity index (χ3v) is 3.97. The SMILES string of the molecule is Cc1ccc2c(c1Cl)N[C@@H]1C[C@H]2O[C@H]1CO. The van der Waals surface area contributed by atoms with Crippen LogP contribution in [0.3, 0.4) is 0 Å². The predicted octanol–water partition coefficient (Wildman–Crippen LogP) is 2.26. The van der Waals surface area contributed by atoms with Crippen LogP contribution in [-0.2, 0) is 4.74 Å². The van der Waals surface area contributed by atoms with Gasteiger partial charge in [0.25, 0.3) is 0 Å². The van der Waals surface area contributed by atoms with Gasteiger partial charge in [0.2, 0.25) is 0 Å². The Balaban J connectivity index is 2.06. The number of ether oxygens (including phenoxy) is 1. The number of benzene rings is 1. The van der Waals surface area contributed by atoms with Crippen molar-refractivity contribution in [2.24, 2.45) is 0 Å². The number of rotatable bonds is 1. The van der Waals surface area contributed by atoms with Crippen molar-refractivity contribution < 1.29 is 9.84 Å². The highest BCUT2D eigenvalue weighted by molar-refractivity contribution is 6.34. The van der Waals surface area contributed by atoms with Gasteiger partial charge in [-0.25, -0.2) is 0 Å².